The number of nitrogens with zero attached hydrogens (tertiary/aromatic N) is 2. The lowest BCUT2D eigenvalue weighted by molar-refractivity contribution is 0.191. The molecule has 1 aromatic heterocycles. The number of aromatic nitrogens is 1. The number of rotatable bonds is 6. The number of nitrogens with one attached hydrogen (secondary N) is 1. The molecule has 8 heteroatoms. The highest BCUT2D eigenvalue weighted by Crippen LogP contribution is 2.26. The van der Waals surface area contributed by atoms with Gasteiger partial charge in [-0.05, 0) is 51.7 Å². The monoisotopic (exact) mass is 351 g/mol. The Labute approximate surface area is 135 Å². The number of piperidine rings is 1. The zero-order valence-corrected chi connectivity index (χ0v) is 14.8. The summed E-state index contributed by atoms with van der Waals surface area (Å²) in [6.45, 7) is 7.58. The average molecular weight is 352 g/mol. The minimum atomic E-state index is -3.48. The number of likely N-dealkylation sites (tertiary alicyclic amines) is 1. The second-order valence-corrected chi connectivity index (χ2v) is 9.16. The van der Waals surface area contributed by atoms with Crippen molar-refractivity contribution in [2.24, 2.45) is 5.92 Å². The fraction of sp³-hybridized carbons (Fsp3) is 0.769. The number of sulfonamides is 1. The summed E-state index contributed by atoms with van der Waals surface area (Å²) in [5, 5.41) is 0. The van der Waals surface area contributed by atoms with Gasteiger partial charge in [0.25, 0.3) is 10.0 Å². The predicted molar refractivity (Wildman–Crippen MR) is 86.5 cm³/mol. The van der Waals surface area contributed by atoms with Crippen LogP contribution in [-0.4, -0.2) is 44.5 Å². The van der Waals surface area contributed by atoms with E-state index in [4.69, 9.17) is 11.6 Å². The first kappa shape index (κ1) is 17.1. The first-order chi connectivity index (χ1) is 9.88. The van der Waals surface area contributed by atoms with E-state index >= 15 is 0 Å². The van der Waals surface area contributed by atoms with Crippen LogP contribution < -0.4 is 4.72 Å². The molecule has 0 amide bonds. The van der Waals surface area contributed by atoms with E-state index in [2.05, 4.69) is 21.5 Å². The van der Waals surface area contributed by atoms with Gasteiger partial charge in [0.2, 0.25) is 0 Å². The lowest BCUT2D eigenvalue weighted by Crippen LogP contribution is -2.35. The van der Waals surface area contributed by atoms with Gasteiger partial charge in [-0.15, -0.1) is 0 Å². The van der Waals surface area contributed by atoms with Gasteiger partial charge in [0.05, 0.1) is 5.69 Å². The van der Waals surface area contributed by atoms with Crippen molar-refractivity contribution in [2.75, 3.05) is 26.2 Å². The molecule has 0 radical (unpaired) electrons. The van der Waals surface area contributed by atoms with Gasteiger partial charge in [-0.3, -0.25) is 0 Å². The minimum Gasteiger partial charge on any atom is -0.303 e. The molecule has 0 aliphatic carbocycles. The first-order valence-corrected chi connectivity index (χ1v) is 9.91. The highest BCUT2D eigenvalue weighted by Gasteiger charge is 2.21. The summed E-state index contributed by atoms with van der Waals surface area (Å²) in [5.74, 6) is 0.818. The van der Waals surface area contributed by atoms with E-state index in [-0.39, 0.29) is 8.68 Å². The number of hydrogen-bond donors (Lipinski definition) is 1. The lowest BCUT2D eigenvalue weighted by atomic mass is 9.99. The third-order valence-electron chi connectivity index (χ3n) is 3.79. The molecule has 1 fully saturated rings. The summed E-state index contributed by atoms with van der Waals surface area (Å²) >= 11 is 6.76. The molecule has 5 nitrogen and oxygen atoms in total. The van der Waals surface area contributed by atoms with E-state index in [1.165, 1.54) is 12.8 Å². The van der Waals surface area contributed by atoms with Crippen LogP contribution in [-0.2, 0) is 10.0 Å². The largest absolute Gasteiger partial charge is 0.303 e. The second kappa shape index (κ2) is 7.37. The molecule has 1 saturated heterocycles. The molecule has 120 valence electrons. The molecule has 0 aromatic carbocycles. The molecule has 0 spiro atoms. The normalized spacial score (nSPS) is 18.2. The third-order valence-corrected chi connectivity index (χ3v) is 7.12. The Morgan fingerprint density at radius 2 is 2.10 bits per heavy atom. The van der Waals surface area contributed by atoms with Crippen LogP contribution in [0, 0.1) is 12.8 Å². The molecule has 1 aliphatic rings. The van der Waals surface area contributed by atoms with Gasteiger partial charge in [-0.25, -0.2) is 18.1 Å². The predicted octanol–water partition coefficient (Wildman–Crippen LogP) is 2.51. The van der Waals surface area contributed by atoms with Gasteiger partial charge < -0.3 is 4.90 Å². The average Bonchev–Trinajstić information content (AvgIpc) is 2.77. The van der Waals surface area contributed by atoms with Crippen molar-refractivity contribution in [3.05, 3.63) is 10.2 Å². The third kappa shape index (κ3) is 4.89. The van der Waals surface area contributed by atoms with Crippen LogP contribution in [0.15, 0.2) is 4.21 Å². The highest BCUT2D eigenvalue weighted by molar-refractivity contribution is 7.91. The topological polar surface area (TPSA) is 62.3 Å². The molecule has 1 N–H and O–H groups in total. The molecule has 1 aliphatic heterocycles. The van der Waals surface area contributed by atoms with Crippen LogP contribution in [0.25, 0.3) is 0 Å². The SMILES string of the molecule is Cc1nc(Cl)sc1S(=O)(=O)NCCCN1CCC(C)CC1. The standard InChI is InChI=1S/C13H22ClN3O2S2/c1-10-4-8-17(9-5-10)7-3-6-15-21(18,19)12-11(2)16-13(14)20-12/h10,15H,3-9H2,1-2H3. The fourth-order valence-corrected chi connectivity index (χ4v) is 5.32. The van der Waals surface area contributed by atoms with Gasteiger partial charge in [-0.2, -0.15) is 0 Å². The van der Waals surface area contributed by atoms with Crippen LogP contribution in [0.2, 0.25) is 4.47 Å². The van der Waals surface area contributed by atoms with Gasteiger partial charge in [0.1, 0.15) is 0 Å². The fourth-order valence-electron chi connectivity index (χ4n) is 2.46. The lowest BCUT2D eigenvalue weighted by Gasteiger charge is -2.30. The summed E-state index contributed by atoms with van der Waals surface area (Å²) in [6.07, 6.45) is 3.30. The van der Waals surface area contributed by atoms with Crippen molar-refractivity contribution < 1.29 is 8.42 Å². The van der Waals surface area contributed by atoms with E-state index in [1.807, 2.05) is 0 Å². The Hall–Kier alpha value is -0.210. The molecule has 0 bridgehead atoms. The van der Waals surface area contributed by atoms with Crippen LogP contribution in [0.1, 0.15) is 31.9 Å². The molecular weight excluding hydrogens is 330 g/mol. The smallest absolute Gasteiger partial charge is 0.251 e. The molecule has 1 aromatic rings. The molecule has 2 heterocycles. The Bertz CT molecular complexity index is 566. The first-order valence-electron chi connectivity index (χ1n) is 7.23. The summed E-state index contributed by atoms with van der Waals surface area (Å²) < 4.78 is 27.4. The van der Waals surface area contributed by atoms with Gasteiger partial charge in [0, 0.05) is 6.54 Å². The maximum Gasteiger partial charge on any atom is 0.251 e. The van der Waals surface area contributed by atoms with E-state index in [1.54, 1.807) is 6.92 Å². The Morgan fingerprint density at radius 1 is 1.43 bits per heavy atom. The van der Waals surface area contributed by atoms with Crippen LogP contribution in [0.3, 0.4) is 0 Å². The Morgan fingerprint density at radius 3 is 2.67 bits per heavy atom. The number of halogens is 1. The molecule has 0 atom stereocenters. The van der Waals surface area contributed by atoms with Crippen molar-refractivity contribution in [1.82, 2.24) is 14.6 Å². The molecule has 21 heavy (non-hydrogen) atoms. The summed E-state index contributed by atoms with van der Waals surface area (Å²) in [4.78, 5) is 6.35. The van der Waals surface area contributed by atoms with E-state index in [9.17, 15) is 8.42 Å². The molecule has 0 unspecified atom stereocenters. The number of hydrogen-bond acceptors (Lipinski definition) is 5. The van der Waals surface area contributed by atoms with E-state index in [0.29, 0.717) is 12.2 Å². The van der Waals surface area contributed by atoms with Crippen molar-refractivity contribution in [2.45, 2.75) is 37.3 Å². The van der Waals surface area contributed by atoms with Crippen molar-refractivity contribution in [1.29, 1.82) is 0 Å². The van der Waals surface area contributed by atoms with E-state index in [0.717, 1.165) is 43.3 Å². The summed E-state index contributed by atoms with van der Waals surface area (Å²) in [5.41, 5.74) is 0.461. The minimum absolute atomic E-state index is 0.222. The van der Waals surface area contributed by atoms with E-state index < -0.39 is 10.0 Å². The zero-order chi connectivity index (χ0) is 15.5. The second-order valence-electron chi connectivity index (χ2n) is 5.62. The zero-order valence-electron chi connectivity index (χ0n) is 12.4. The van der Waals surface area contributed by atoms with Crippen molar-refractivity contribution in [3.8, 4) is 0 Å². The van der Waals surface area contributed by atoms with Gasteiger partial charge in [0.15, 0.2) is 8.68 Å². The molecule has 0 saturated carbocycles. The number of thiazole rings is 1. The van der Waals surface area contributed by atoms with Crippen LogP contribution in [0.4, 0.5) is 0 Å². The molecular formula is C13H22ClN3O2S2. The summed E-state index contributed by atoms with van der Waals surface area (Å²) in [6, 6.07) is 0. The quantitative estimate of drug-likeness (QED) is 0.800. The van der Waals surface area contributed by atoms with Crippen molar-refractivity contribution >= 4 is 33.0 Å². The summed E-state index contributed by atoms with van der Waals surface area (Å²) in [7, 11) is -3.48. The highest BCUT2D eigenvalue weighted by atomic mass is 35.5. The maximum absolute atomic E-state index is 12.1. The van der Waals surface area contributed by atoms with Gasteiger partial charge in [-0.1, -0.05) is 29.9 Å². The Balaban J connectivity index is 1.76. The maximum atomic E-state index is 12.1. The van der Waals surface area contributed by atoms with Crippen LogP contribution in [0.5, 0.6) is 0 Å². The molecule has 2 rings (SSSR count). The Kier molecular flexibility index (Phi) is 6.02. The number of aryl methyl sites for hydroxylation is 1. The van der Waals surface area contributed by atoms with Crippen molar-refractivity contribution in [3.63, 3.8) is 0 Å². The van der Waals surface area contributed by atoms with Gasteiger partial charge >= 0.3 is 0 Å². The van der Waals surface area contributed by atoms with Crippen LogP contribution >= 0.6 is 22.9 Å².